The van der Waals surface area contributed by atoms with Crippen LogP contribution in [-0.2, 0) is 11.0 Å². The zero-order valence-electron chi connectivity index (χ0n) is 14.9. The van der Waals surface area contributed by atoms with Crippen molar-refractivity contribution in [2.45, 2.75) is 17.9 Å². The molecule has 2 aromatic rings. The second-order valence-corrected chi connectivity index (χ2v) is 6.39. The molecule has 0 aliphatic carbocycles. The minimum Gasteiger partial charge on any atom is -0.323 e. The number of carbonyl (C=O) groups excluding carboxylic acids is 1. The zero-order chi connectivity index (χ0) is 21.4. The highest BCUT2D eigenvalue weighted by molar-refractivity contribution is 6.03. The van der Waals surface area contributed by atoms with E-state index < -0.39 is 29.4 Å². The second kappa shape index (κ2) is 7.11. The van der Waals surface area contributed by atoms with E-state index in [1.807, 2.05) is 5.43 Å². The number of carbonyl (C=O) groups is 1. The molecule has 2 aromatic carbocycles. The van der Waals surface area contributed by atoms with Crippen LogP contribution in [0.5, 0.6) is 0 Å². The van der Waals surface area contributed by atoms with Crippen LogP contribution in [0.1, 0.15) is 5.56 Å². The van der Waals surface area contributed by atoms with Crippen molar-refractivity contribution in [3.05, 3.63) is 66.4 Å². The van der Waals surface area contributed by atoms with Crippen molar-refractivity contribution in [2.24, 2.45) is 0 Å². The second-order valence-electron chi connectivity index (χ2n) is 6.39. The van der Waals surface area contributed by atoms with Gasteiger partial charge in [-0.1, -0.05) is 36.4 Å². The van der Waals surface area contributed by atoms with E-state index in [-0.39, 0.29) is 16.8 Å². The minimum atomic E-state index is -4.99. The van der Waals surface area contributed by atoms with Crippen molar-refractivity contribution in [2.75, 3.05) is 12.4 Å². The number of alkyl halides is 6. The van der Waals surface area contributed by atoms with E-state index in [1.54, 1.807) is 0 Å². The monoisotopic (exact) mass is 415 g/mol. The number of rotatable bonds is 3. The highest BCUT2D eigenvalue weighted by atomic mass is 19.4. The molecule has 4 nitrogen and oxygen atoms in total. The van der Waals surface area contributed by atoms with Crippen LogP contribution in [0.15, 0.2) is 60.8 Å². The van der Waals surface area contributed by atoms with Gasteiger partial charge in [0.05, 0.1) is 5.56 Å². The first-order valence-electron chi connectivity index (χ1n) is 8.29. The molecule has 0 radical (unpaired) electrons. The number of nitrogens with one attached hydrogen (secondary N) is 2. The van der Waals surface area contributed by atoms with Crippen molar-refractivity contribution in [1.29, 1.82) is 0 Å². The topological polar surface area (TPSA) is 44.4 Å². The van der Waals surface area contributed by atoms with Crippen molar-refractivity contribution in [3.63, 3.8) is 0 Å². The van der Waals surface area contributed by atoms with Crippen LogP contribution in [-0.4, -0.2) is 29.7 Å². The third-order valence-electron chi connectivity index (χ3n) is 4.40. The summed E-state index contributed by atoms with van der Waals surface area (Å²) in [5, 5.41) is 3.10. The quantitative estimate of drug-likeness (QED) is 0.722. The summed E-state index contributed by atoms with van der Waals surface area (Å²) in [5.74, 6) is -1.47. The summed E-state index contributed by atoms with van der Waals surface area (Å²) in [6.07, 6.45) is -7.98. The van der Waals surface area contributed by atoms with Crippen LogP contribution in [0, 0.1) is 0 Å². The summed E-state index contributed by atoms with van der Waals surface area (Å²) < 4.78 is 81.0. The number of amides is 1. The standard InChI is InChI=1S/C19H15F6N3O/c1-28-11-10-17(27-28,19(23,24)25)16(29)26-15-9-5-3-7-13(15)12-6-2-4-8-14(12)18(20,21)22/h2-11,27H,1H3,(H,26,29). The number of hydrogen-bond acceptors (Lipinski definition) is 3. The summed E-state index contributed by atoms with van der Waals surface area (Å²) in [4.78, 5) is 12.6. The Hall–Kier alpha value is -3.01. The molecule has 3 rings (SSSR count). The number of hydrogen-bond donors (Lipinski definition) is 2. The normalized spacial score (nSPS) is 19.5. The van der Waals surface area contributed by atoms with Crippen LogP contribution < -0.4 is 10.7 Å². The Bertz CT molecular complexity index is 953. The third kappa shape index (κ3) is 3.80. The first-order valence-corrected chi connectivity index (χ1v) is 8.29. The molecule has 0 fully saturated rings. The first kappa shape index (κ1) is 20.7. The van der Waals surface area contributed by atoms with Gasteiger partial charge in [0, 0.05) is 24.5 Å². The lowest BCUT2D eigenvalue weighted by molar-refractivity contribution is -0.189. The number of para-hydroxylation sites is 1. The van der Waals surface area contributed by atoms with Gasteiger partial charge in [-0.05, 0) is 23.8 Å². The number of benzene rings is 2. The van der Waals surface area contributed by atoms with Crippen molar-refractivity contribution >= 4 is 11.6 Å². The molecule has 0 spiro atoms. The molecule has 154 valence electrons. The Kier molecular flexibility index (Phi) is 5.08. The Morgan fingerprint density at radius 2 is 1.55 bits per heavy atom. The van der Waals surface area contributed by atoms with E-state index in [9.17, 15) is 31.1 Å². The predicted molar refractivity (Wildman–Crippen MR) is 94.3 cm³/mol. The Morgan fingerprint density at radius 3 is 2.10 bits per heavy atom. The van der Waals surface area contributed by atoms with Crippen LogP contribution in [0.4, 0.5) is 32.0 Å². The average molecular weight is 415 g/mol. The van der Waals surface area contributed by atoms with Crippen molar-refractivity contribution in [3.8, 4) is 11.1 Å². The van der Waals surface area contributed by atoms with Gasteiger partial charge in [-0.25, -0.2) is 5.43 Å². The fraction of sp³-hybridized carbons (Fsp3) is 0.211. The SMILES string of the molecule is CN1C=CC(C(=O)Nc2ccccc2-c2ccccc2C(F)(F)F)(C(F)(F)F)N1. The summed E-state index contributed by atoms with van der Waals surface area (Å²) in [5.41, 5.74) is -2.48. The molecular weight excluding hydrogens is 400 g/mol. The van der Waals surface area contributed by atoms with Gasteiger partial charge in [0.1, 0.15) is 0 Å². The van der Waals surface area contributed by atoms with Gasteiger partial charge in [-0.3, -0.25) is 4.79 Å². The molecule has 1 aliphatic heterocycles. The third-order valence-corrected chi connectivity index (χ3v) is 4.40. The molecule has 2 N–H and O–H groups in total. The largest absolute Gasteiger partial charge is 0.421 e. The van der Waals surface area contributed by atoms with E-state index in [0.29, 0.717) is 6.08 Å². The summed E-state index contributed by atoms with van der Waals surface area (Å²) in [6, 6.07) is 10.00. The van der Waals surface area contributed by atoms with Gasteiger partial charge in [-0.15, -0.1) is 0 Å². The van der Waals surface area contributed by atoms with E-state index >= 15 is 0 Å². The first-order chi connectivity index (χ1) is 13.5. The highest BCUT2D eigenvalue weighted by Gasteiger charge is 2.61. The molecule has 1 aliphatic rings. The van der Waals surface area contributed by atoms with Gasteiger partial charge < -0.3 is 10.3 Å². The molecule has 0 saturated carbocycles. The van der Waals surface area contributed by atoms with Gasteiger partial charge in [0.2, 0.25) is 5.54 Å². The van der Waals surface area contributed by atoms with Crippen molar-refractivity contribution in [1.82, 2.24) is 10.4 Å². The molecule has 1 heterocycles. The fourth-order valence-corrected chi connectivity index (χ4v) is 3.00. The van der Waals surface area contributed by atoms with Crippen LogP contribution in [0.25, 0.3) is 11.1 Å². The molecule has 0 aromatic heterocycles. The Labute approximate surface area is 161 Å². The Balaban J connectivity index is 2.04. The Morgan fingerprint density at radius 1 is 0.966 bits per heavy atom. The lowest BCUT2D eigenvalue weighted by atomic mass is 9.96. The maximum absolute atomic E-state index is 13.6. The molecule has 10 heteroatoms. The molecule has 29 heavy (non-hydrogen) atoms. The van der Waals surface area contributed by atoms with E-state index in [1.165, 1.54) is 49.5 Å². The lowest BCUT2D eigenvalue weighted by Crippen LogP contribution is -2.63. The number of nitrogens with zero attached hydrogens (tertiary/aromatic N) is 1. The average Bonchev–Trinajstić information content (AvgIpc) is 3.05. The summed E-state index contributed by atoms with van der Waals surface area (Å²) in [6.45, 7) is 0. The summed E-state index contributed by atoms with van der Waals surface area (Å²) in [7, 11) is 1.28. The molecular formula is C19H15F6N3O. The smallest absolute Gasteiger partial charge is 0.323 e. The number of hydrazine groups is 1. The number of halogens is 6. The van der Waals surface area contributed by atoms with Gasteiger partial charge in [0.15, 0.2) is 0 Å². The van der Waals surface area contributed by atoms with E-state index in [2.05, 4.69) is 5.32 Å². The van der Waals surface area contributed by atoms with Gasteiger partial charge in [0.25, 0.3) is 5.91 Å². The maximum Gasteiger partial charge on any atom is 0.421 e. The van der Waals surface area contributed by atoms with E-state index in [0.717, 1.165) is 17.3 Å². The minimum absolute atomic E-state index is 0.0542. The molecule has 1 atom stereocenters. The molecule has 0 saturated heterocycles. The zero-order valence-corrected chi connectivity index (χ0v) is 14.9. The summed E-state index contributed by atoms with van der Waals surface area (Å²) >= 11 is 0. The predicted octanol–water partition coefficient (Wildman–Crippen LogP) is 4.58. The molecule has 0 bridgehead atoms. The van der Waals surface area contributed by atoms with Gasteiger partial charge >= 0.3 is 12.4 Å². The highest BCUT2D eigenvalue weighted by Crippen LogP contribution is 2.40. The van der Waals surface area contributed by atoms with E-state index in [4.69, 9.17) is 0 Å². The number of anilines is 1. The lowest BCUT2D eigenvalue weighted by Gasteiger charge is -2.31. The van der Waals surface area contributed by atoms with Crippen LogP contribution >= 0.6 is 0 Å². The molecule has 1 amide bonds. The fourth-order valence-electron chi connectivity index (χ4n) is 3.00. The van der Waals surface area contributed by atoms with Crippen LogP contribution in [0.2, 0.25) is 0 Å². The molecule has 1 unspecified atom stereocenters. The van der Waals surface area contributed by atoms with Gasteiger partial charge in [-0.2, -0.15) is 26.3 Å². The maximum atomic E-state index is 13.6. The van der Waals surface area contributed by atoms with Crippen LogP contribution in [0.3, 0.4) is 0 Å². The van der Waals surface area contributed by atoms with Crippen molar-refractivity contribution < 1.29 is 31.1 Å².